The summed E-state index contributed by atoms with van der Waals surface area (Å²) < 4.78 is 0. The van der Waals surface area contributed by atoms with Crippen molar-refractivity contribution in [2.45, 2.75) is 52.6 Å². The van der Waals surface area contributed by atoms with Gasteiger partial charge in [0.15, 0.2) is 0 Å². The van der Waals surface area contributed by atoms with Gasteiger partial charge in [-0.15, -0.1) is 0 Å². The average molecular weight is 320 g/mol. The second-order valence-corrected chi connectivity index (χ2v) is 6.08. The average Bonchev–Trinajstić information content (AvgIpc) is 2.43. The van der Waals surface area contributed by atoms with Crippen LogP contribution in [-0.2, 0) is 4.79 Å². The van der Waals surface area contributed by atoms with Gasteiger partial charge in [-0.2, -0.15) is 0 Å². The molecule has 1 aliphatic carbocycles. The third-order valence-electron chi connectivity index (χ3n) is 4.41. The SMILES string of the molecule is CCN(CC(=O)O)C1CC(NC(=O)c2nc(C)c(C)nc2C)C1. The number of nitrogens with zero attached hydrogens (tertiary/aromatic N) is 3. The molecule has 7 heteroatoms. The Labute approximate surface area is 136 Å². The van der Waals surface area contributed by atoms with Crippen LogP contribution < -0.4 is 5.32 Å². The Hall–Kier alpha value is -2.02. The minimum absolute atomic E-state index is 0.0452. The van der Waals surface area contributed by atoms with Gasteiger partial charge in [0.1, 0.15) is 5.69 Å². The molecule has 1 aliphatic rings. The first-order valence-corrected chi connectivity index (χ1v) is 7.90. The van der Waals surface area contributed by atoms with E-state index in [1.807, 2.05) is 25.7 Å². The molecule has 1 aromatic heterocycles. The van der Waals surface area contributed by atoms with E-state index in [4.69, 9.17) is 5.11 Å². The molecular weight excluding hydrogens is 296 g/mol. The molecule has 2 N–H and O–H groups in total. The first kappa shape index (κ1) is 17.3. The zero-order chi connectivity index (χ0) is 17.1. The molecule has 7 nitrogen and oxygen atoms in total. The first-order valence-electron chi connectivity index (χ1n) is 7.90. The summed E-state index contributed by atoms with van der Waals surface area (Å²) in [6, 6.07) is 0.284. The lowest BCUT2D eigenvalue weighted by Gasteiger charge is -2.42. The quantitative estimate of drug-likeness (QED) is 0.814. The van der Waals surface area contributed by atoms with Crippen LogP contribution in [0.25, 0.3) is 0 Å². The molecule has 0 saturated heterocycles. The molecule has 0 aliphatic heterocycles. The van der Waals surface area contributed by atoms with Crippen LogP contribution in [0.2, 0.25) is 0 Å². The molecular formula is C16H24N4O3. The second kappa shape index (κ2) is 7.04. The van der Waals surface area contributed by atoms with Crippen molar-refractivity contribution in [1.82, 2.24) is 20.2 Å². The van der Waals surface area contributed by atoms with Gasteiger partial charge in [0.05, 0.1) is 23.6 Å². The number of aromatic nitrogens is 2. The van der Waals surface area contributed by atoms with E-state index >= 15 is 0 Å². The monoisotopic (exact) mass is 320 g/mol. The van der Waals surface area contributed by atoms with Gasteiger partial charge in [0, 0.05) is 12.1 Å². The number of aryl methyl sites for hydroxylation is 3. The van der Waals surface area contributed by atoms with Gasteiger partial charge >= 0.3 is 5.97 Å². The predicted molar refractivity (Wildman–Crippen MR) is 85.4 cm³/mol. The number of hydrogen-bond donors (Lipinski definition) is 2. The van der Waals surface area contributed by atoms with E-state index in [1.54, 1.807) is 6.92 Å². The van der Waals surface area contributed by atoms with Crippen molar-refractivity contribution in [2.24, 2.45) is 0 Å². The van der Waals surface area contributed by atoms with Crippen molar-refractivity contribution in [1.29, 1.82) is 0 Å². The number of nitrogens with one attached hydrogen (secondary N) is 1. The zero-order valence-corrected chi connectivity index (χ0v) is 14.1. The Morgan fingerprint density at radius 3 is 2.35 bits per heavy atom. The fourth-order valence-electron chi connectivity index (χ4n) is 2.86. The number of likely N-dealkylation sites (N-methyl/N-ethyl adjacent to an activating group) is 1. The largest absolute Gasteiger partial charge is 0.480 e. The lowest BCUT2D eigenvalue weighted by Crippen LogP contribution is -2.55. The summed E-state index contributed by atoms with van der Waals surface area (Å²) in [6.07, 6.45) is 1.54. The topological polar surface area (TPSA) is 95.4 Å². The number of carbonyl (C=O) groups is 2. The van der Waals surface area contributed by atoms with Gasteiger partial charge in [-0.25, -0.2) is 4.98 Å². The molecule has 2 rings (SSSR count). The van der Waals surface area contributed by atoms with E-state index in [0.29, 0.717) is 17.9 Å². The fourth-order valence-corrected chi connectivity index (χ4v) is 2.86. The molecule has 23 heavy (non-hydrogen) atoms. The van der Waals surface area contributed by atoms with E-state index in [9.17, 15) is 9.59 Å². The van der Waals surface area contributed by atoms with E-state index < -0.39 is 5.97 Å². The number of carbonyl (C=O) groups excluding carboxylic acids is 1. The van der Waals surface area contributed by atoms with E-state index in [1.165, 1.54) is 0 Å². The summed E-state index contributed by atoms with van der Waals surface area (Å²) in [5.74, 6) is -1.02. The van der Waals surface area contributed by atoms with Crippen LogP contribution in [-0.4, -0.2) is 57.0 Å². The van der Waals surface area contributed by atoms with Crippen LogP contribution in [0, 0.1) is 20.8 Å². The third-order valence-corrected chi connectivity index (χ3v) is 4.41. The molecule has 1 heterocycles. The molecule has 126 valence electrons. The van der Waals surface area contributed by atoms with E-state index in [2.05, 4.69) is 15.3 Å². The van der Waals surface area contributed by atoms with Gasteiger partial charge in [0.25, 0.3) is 5.91 Å². The molecule has 1 aromatic rings. The van der Waals surface area contributed by atoms with Crippen molar-refractivity contribution < 1.29 is 14.7 Å². The molecule has 0 unspecified atom stereocenters. The Morgan fingerprint density at radius 1 is 1.17 bits per heavy atom. The van der Waals surface area contributed by atoms with Crippen molar-refractivity contribution in [3.8, 4) is 0 Å². The molecule has 1 saturated carbocycles. The van der Waals surface area contributed by atoms with Gasteiger partial charge < -0.3 is 10.4 Å². The van der Waals surface area contributed by atoms with Crippen LogP contribution in [0.4, 0.5) is 0 Å². The number of aliphatic carboxylic acids is 1. The van der Waals surface area contributed by atoms with Crippen LogP contribution in [0.15, 0.2) is 0 Å². The maximum Gasteiger partial charge on any atom is 0.317 e. The second-order valence-electron chi connectivity index (χ2n) is 6.08. The third kappa shape index (κ3) is 4.04. The minimum Gasteiger partial charge on any atom is -0.480 e. The Bertz CT molecular complexity index is 612. The van der Waals surface area contributed by atoms with Crippen molar-refractivity contribution in [2.75, 3.05) is 13.1 Å². The highest BCUT2D eigenvalue weighted by Crippen LogP contribution is 2.26. The fraction of sp³-hybridized carbons (Fsp3) is 0.625. The Kier molecular flexibility index (Phi) is 5.30. The lowest BCUT2D eigenvalue weighted by atomic mass is 9.85. The van der Waals surface area contributed by atoms with Crippen LogP contribution in [0.3, 0.4) is 0 Å². The van der Waals surface area contributed by atoms with Crippen molar-refractivity contribution >= 4 is 11.9 Å². The number of amides is 1. The predicted octanol–water partition coefficient (Wildman–Crippen LogP) is 1.07. The summed E-state index contributed by atoms with van der Waals surface area (Å²) in [6.45, 7) is 8.17. The summed E-state index contributed by atoms with van der Waals surface area (Å²) in [5.41, 5.74) is 2.58. The van der Waals surface area contributed by atoms with Crippen molar-refractivity contribution in [3.05, 3.63) is 22.8 Å². The molecule has 0 aromatic carbocycles. The molecule has 0 radical (unpaired) electrons. The van der Waals surface area contributed by atoms with Crippen molar-refractivity contribution in [3.63, 3.8) is 0 Å². The Morgan fingerprint density at radius 2 is 1.78 bits per heavy atom. The zero-order valence-electron chi connectivity index (χ0n) is 14.1. The highest BCUT2D eigenvalue weighted by molar-refractivity contribution is 5.93. The number of hydrogen-bond acceptors (Lipinski definition) is 5. The molecule has 0 spiro atoms. The number of rotatable bonds is 6. The molecule has 1 fully saturated rings. The van der Waals surface area contributed by atoms with Crippen LogP contribution in [0.5, 0.6) is 0 Å². The van der Waals surface area contributed by atoms with E-state index in [0.717, 1.165) is 24.2 Å². The summed E-state index contributed by atoms with van der Waals surface area (Å²) in [4.78, 5) is 33.8. The summed E-state index contributed by atoms with van der Waals surface area (Å²) >= 11 is 0. The van der Waals surface area contributed by atoms with Crippen LogP contribution in [0.1, 0.15) is 47.3 Å². The smallest absolute Gasteiger partial charge is 0.317 e. The van der Waals surface area contributed by atoms with Gasteiger partial charge in [-0.1, -0.05) is 6.92 Å². The van der Waals surface area contributed by atoms with Crippen LogP contribution >= 0.6 is 0 Å². The number of carboxylic acid groups (broad SMARTS) is 1. The highest BCUT2D eigenvalue weighted by atomic mass is 16.4. The molecule has 1 amide bonds. The summed E-state index contributed by atoms with van der Waals surface area (Å²) in [5, 5.41) is 11.9. The minimum atomic E-state index is -0.819. The number of carboxylic acids is 1. The van der Waals surface area contributed by atoms with Gasteiger partial charge in [-0.3, -0.25) is 19.5 Å². The highest BCUT2D eigenvalue weighted by Gasteiger charge is 2.35. The molecule has 0 atom stereocenters. The van der Waals surface area contributed by atoms with Gasteiger partial charge in [0.2, 0.25) is 0 Å². The summed E-state index contributed by atoms with van der Waals surface area (Å²) in [7, 11) is 0. The van der Waals surface area contributed by atoms with E-state index in [-0.39, 0.29) is 24.5 Å². The first-order chi connectivity index (χ1) is 10.8. The normalized spacial score (nSPS) is 20.2. The van der Waals surface area contributed by atoms with Gasteiger partial charge in [-0.05, 0) is 40.2 Å². The maximum absolute atomic E-state index is 12.3. The molecule has 0 bridgehead atoms. The Balaban J connectivity index is 1.91. The lowest BCUT2D eigenvalue weighted by molar-refractivity contribution is -0.139. The standard InChI is InChI=1S/C16H24N4O3/c1-5-20(8-14(21)22)13-6-12(7-13)19-16(23)15-11(4)17-9(2)10(3)18-15/h12-13H,5-8H2,1-4H3,(H,19,23)(H,21,22). The maximum atomic E-state index is 12.3.